The number of nitrogens with zero attached hydrogens (tertiary/aromatic N) is 4. The number of hydrogen-bond donors (Lipinski definition) is 1. The van der Waals surface area contributed by atoms with Gasteiger partial charge in [-0.05, 0) is 48.6 Å². The molecule has 1 aliphatic rings. The predicted octanol–water partition coefficient (Wildman–Crippen LogP) is 3.34. The molecule has 0 spiro atoms. The van der Waals surface area contributed by atoms with Crippen LogP contribution in [0, 0.1) is 11.8 Å². The first-order valence-corrected chi connectivity index (χ1v) is 12.2. The van der Waals surface area contributed by atoms with Gasteiger partial charge in [-0.1, -0.05) is 19.9 Å². The van der Waals surface area contributed by atoms with Gasteiger partial charge in [-0.2, -0.15) is 17.5 Å². The third kappa shape index (κ3) is 4.92. The molecule has 1 amide bonds. The molecular formula is C22H24F3N5O3S. The highest BCUT2D eigenvalue weighted by Gasteiger charge is 2.32. The molecule has 0 saturated carbocycles. The summed E-state index contributed by atoms with van der Waals surface area (Å²) in [5, 5.41) is 10.2. The van der Waals surface area contributed by atoms with Crippen molar-refractivity contribution in [3.63, 3.8) is 0 Å². The van der Waals surface area contributed by atoms with Gasteiger partial charge in [0, 0.05) is 24.8 Å². The zero-order chi connectivity index (χ0) is 24.7. The molecule has 1 aliphatic heterocycles. The number of alkyl halides is 3. The zero-order valence-corrected chi connectivity index (χ0v) is 19.4. The average molecular weight is 496 g/mol. The Balaban J connectivity index is 1.51. The van der Waals surface area contributed by atoms with E-state index in [2.05, 4.69) is 15.5 Å². The van der Waals surface area contributed by atoms with Crippen LogP contribution in [-0.2, 0) is 22.7 Å². The number of carbonyl (C=O) groups excluding carboxylic acids is 1. The van der Waals surface area contributed by atoms with Crippen LogP contribution < -0.4 is 5.32 Å². The molecule has 1 N–H and O–H groups in total. The Morgan fingerprint density at radius 1 is 1.12 bits per heavy atom. The first-order chi connectivity index (χ1) is 15.9. The highest BCUT2D eigenvalue weighted by atomic mass is 32.2. The molecule has 3 heterocycles. The number of nitrogens with one attached hydrogen (secondary N) is 1. The van der Waals surface area contributed by atoms with Crippen molar-refractivity contribution in [1.82, 2.24) is 24.2 Å². The molecule has 1 aromatic carbocycles. The number of halogens is 3. The van der Waals surface area contributed by atoms with E-state index < -0.39 is 27.7 Å². The summed E-state index contributed by atoms with van der Waals surface area (Å²) in [5.41, 5.74) is -0.550. The summed E-state index contributed by atoms with van der Waals surface area (Å²) in [6, 6.07) is 7.80. The van der Waals surface area contributed by atoms with Crippen molar-refractivity contribution in [3.05, 3.63) is 59.5 Å². The number of aromatic nitrogens is 3. The van der Waals surface area contributed by atoms with Gasteiger partial charge < -0.3 is 5.32 Å². The van der Waals surface area contributed by atoms with Crippen molar-refractivity contribution in [2.75, 3.05) is 13.1 Å². The number of carbonyl (C=O) groups is 1. The number of fused-ring (bicyclic) bond motifs is 1. The zero-order valence-electron chi connectivity index (χ0n) is 18.6. The second-order valence-corrected chi connectivity index (χ2v) is 10.7. The first-order valence-electron chi connectivity index (χ1n) is 10.7. The Bertz CT molecular complexity index is 1310. The lowest BCUT2D eigenvalue weighted by molar-refractivity contribution is -0.137. The van der Waals surface area contributed by atoms with Crippen LogP contribution in [-0.4, -0.2) is 46.3 Å². The monoisotopic (exact) mass is 495 g/mol. The van der Waals surface area contributed by atoms with Gasteiger partial charge in [0.25, 0.3) is 5.91 Å². The molecule has 0 radical (unpaired) electrons. The van der Waals surface area contributed by atoms with Gasteiger partial charge >= 0.3 is 6.18 Å². The van der Waals surface area contributed by atoms with Crippen LogP contribution in [0.25, 0.3) is 5.65 Å². The van der Waals surface area contributed by atoms with E-state index in [-0.39, 0.29) is 40.3 Å². The number of pyridine rings is 1. The summed E-state index contributed by atoms with van der Waals surface area (Å²) in [5.74, 6) is -0.00244. The van der Waals surface area contributed by atoms with Crippen LogP contribution in [0.2, 0.25) is 0 Å². The average Bonchev–Trinajstić information content (AvgIpc) is 3.18. The Morgan fingerprint density at radius 2 is 1.82 bits per heavy atom. The van der Waals surface area contributed by atoms with Crippen molar-refractivity contribution in [1.29, 1.82) is 0 Å². The fraction of sp³-hybridized carbons (Fsp3) is 0.409. The van der Waals surface area contributed by atoms with E-state index in [0.717, 1.165) is 23.1 Å². The lowest BCUT2D eigenvalue weighted by Gasteiger charge is -2.34. The molecule has 2 aromatic heterocycles. The largest absolute Gasteiger partial charge is 0.417 e. The minimum Gasteiger partial charge on any atom is -0.345 e. The predicted molar refractivity (Wildman–Crippen MR) is 117 cm³/mol. The van der Waals surface area contributed by atoms with Gasteiger partial charge in [-0.15, -0.1) is 10.2 Å². The van der Waals surface area contributed by atoms with Gasteiger partial charge in [-0.25, -0.2) is 8.42 Å². The fourth-order valence-electron chi connectivity index (χ4n) is 4.24. The van der Waals surface area contributed by atoms with Crippen molar-refractivity contribution in [2.24, 2.45) is 11.8 Å². The van der Waals surface area contributed by atoms with E-state index in [9.17, 15) is 26.4 Å². The van der Waals surface area contributed by atoms with Crippen molar-refractivity contribution < 1.29 is 26.4 Å². The molecule has 0 bridgehead atoms. The number of hydrogen-bond acceptors (Lipinski definition) is 5. The molecule has 0 aliphatic carbocycles. The van der Waals surface area contributed by atoms with Crippen molar-refractivity contribution in [3.8, 4) is 0 Å². The van der Waals surface area contributed by atoms with E-state index in [1.165, 1.54) is 34.6 Å². The molecule has 34 heavy (non-hydrogen) atoms. The van der Waals surface area contributed by atoms with E-state index in [0.29, 0.717) is 13.1 Å². The topological polar surface area (TPSA) is 96.7 Å². The molecule has 3 aromatic rings. The molecule has 1 fully saturated rings. The Hall–Kier alpha value is -2.99. The highest BCUT2D eigenvalue weighted by molar-refractivity contribution is 7.89. The number of rotatable bonds is 5. The third-order valence-corrected chi connectivity index (χ3v) is 7.60. The summed E-state index contributed by atoms with van der Waals surface area (Å²) < 4.78 is 68.0. The lowest BCUT2D eigenvalue weighted by Crippen LogP contribution is -2.42. The van der Waals surface area contributed by atoms with Crippen LogP contribution in [0.15, 0.2) is 47.5 Å². The molecule has 0 unspecified atom stereocenters. The summed E-state index contributed by atoms with van der Waals surface area (Å²) in [4.78, 5) is 12.7. The van der Waals surface area contributed by atoms with Crippen LogP contribution >= 0.6 is 0 Å². The van der Waals surface area contributed by atoms with Crippen LogP contribution in [0.3, 0.4) is 0 Å². The SMILES string of the molecule is C[C@@H]1C[C@H](C)CN(S(=O)(=O)c2cccc(C(=O)NCc3nnc4ccc(C(F)(F)F)cn34)c2)C1. The minimum absolute atomic E-state index is 0.0178. The smallest absolute Gasteiger partial charge is 0.345 e. The van der Waals surface area contributed by atoms with Gasteiger partial charge in [0.1, 0.15) is 0 Å². The van der Waals surface area contributed by atoms with Gasteiger partial charge in [0.2, 0.25) is 10.0 Å². The van der Waals surface area contributed by atoms with Gasteiger partial charge in [-0.3, -0.25) is 9.20 Å². The molecule has 2 atom stereocenters. The first kappa shape index (κ1) is 24.1. The van der Waals surface area contributed by atoms with E-state index >= 15 is 0 Å². The summed E-state index contributed by atoms with van der Waals surface area (Å²) in [6.45, 7) is 4.66. The molecule has 4 rings (SSSR count). The van der Waals surface area contributed by atoms with E-state index in [1.807, 2.05) is 13.8 Å². The fourth-order valence-corrected chi connectivity index (χ4v) is 5.96. The van der Waals surface area contributed by atoms with Gasteiger partial charge in [0.15, 0.2) is 11.5 Å². The summed E-state index contributed by atoms with van der Waals surface area (Å²) in [7, 11) is -3.77. The molecule has 8 nitrogen and oxygen atoms in total. The maximum Gasteiger partial charge on any atom is 0.417 e. The van der Waals surface area contributed by atoms with E-state index in [1.54, 1.807) is 0 Å². The second-order valence-electron chi connectivity index (χ2n) is 8.74. The van der Waals surface area contributed by atoms with Crippen LogP contribution in [0.5, 0.6) is 0 Å². The van der Waals surface area contributed by atoms with Crippen LogP contribution in [0.1, 0.15) is 42.0 Å². The highest BCUT2D eigenvalue weighted by Crippen LogP contribution is 2.29. The number of amides is 1. The molecular weight excluding hydrogens is 471 g/mol. The van der Waals surface area contributed by atoms with E-state index in [4.69, 9.17) is 0 Å². The molecule has 1 saturated heterocycles. The normalized spacial score (nSPS) is 19.9. The number of benzene rings is 1. The second kappa shape index (κ2) is 8.99. The number of sulfonamides is 1. The quantitative estimate of drug-likeness (QED) is 0.586. The minimum atomic E-state index is -4.53. The molecule has 182 valence electrons. The standard InChI is InChI=1S/C22H24F3N5O3S/c1-14-8-15(2)12-29(11-14)34(32,33)18-5-3-4-16(9-18)21(31)26-10-20-28-27-19-7-6-17(13-30(19)20)22(23,24)25/h3-7,9,13-15H,8,10-12H2,1-2H3,(H,26,31)/t14-,15+. The summed E-state index contributed by atoms with van der Waals surface area (Å²) >= 11 is 0. The third-order valence-electron chi connectivity index (χ3n) is 5.78. The summed E-state index contributed by atoms with van der Waals surface area (Å²) in [6.07, 6.45) is -2.71. The number of piperidine rings is 1. The Kier molecular flexibility index (Phi) is 6.38. The Morgan fingerprint density at radius 3 is 2.50 bits per heavy atom. The Labute approximate surface area is 194 Å². The maximum atomic E-state index is 13.1. The molecule has 12 heteroatoms. The maximum absolute atomic E-state index is 13.1. The van der Waals surface area contributed by atoms with Crippen molar-refractivity contribution >= 4 is 21.6 Å². The van der Waals surface area contributed by atoms with Crippen LogP contribution in [0.4, 0.5) is 13.2 Å². The lowest BCUT2D eigenvalue weighted by atomic mass is 9.94. The van der Waals surface area contributed by atoms with Gasteiger partial charge in [0.05, 0.1) is 17.0 Å². The van der Waals surface area contributed by atoms with Crippen molar-refractivity contribution in [2.45, 2.75) is 37.9 Å².